The van der Waals surface area contributed by atoms with Crippen LogP contribution in [0.5, 0.6) is 0 Å². The highest BCUT2D eigenvalue weighted by molar-refractivity contribution is 7.84. The molecule has 198 valence electrons. The van der Waals surface area contributed by atoms with Crippen LogP contribution in [0.1, 0.15) is 12.5 Å². The van der Waals surface area contributed by atoms with E-state index in [1.54, 1.807) is 28.1 Å². The molecule has 13 heteroatoms. The lowest BCUT2D eigenvalue weighted by atomic mass is 10.0. The Morgan fingerprint density at radius 1 is 1.11 bits per heavy atom. The summed E-state index contributed by atoms with van der Waals surface area (Å²) < 4.78 is 54.0. The van der Waals surface area contributed by atoms with Crippen molar-refractivity contribution >= 4 is 33.6 Å². The number of rotatable bonds is 5. The second-order valence-electron chi connectivity index (χ2n) is 9.04. The predicted molar refractivity (Wildman–Crippen MR) is 136 cm³/mol. The average molecular weight is 544 g/mol. The Labute approximate surface area is 218 Å². The van der Waals surface area contributed by atoms with E-state index in [1.165, 1.54) is 24.7 Å². The first kappa shape index (κ1) is 25.8. The van der Waals surface area contributed by atoms with Crippen molar-refractivity contribution in [2.24, 2.45) is 0 Å². The fourth-order valence-electron chi connectivity index (χ4n) is 4.62. The van der Waals surface area contributed by atoms with E-state index in [0.717, 1.165) is 12.1 Å². The monoisotopic (exact) mass is 543 g/mol. The van der Waals surface area contributed by atoms with E-state index in [1.807, 2.05) is 17.9 Å². The SMILES string of the molecule is CC1CN(c2ccc(C(F)(F)F)cc2-c2cnc(S(C)=O)nc2)CCN1C(=O)Cn1cnc2cccnc21. The second-order valence-corrected chi connectivity index (χ2v) is 10.3. The number of pyridine rings is 1. The van der Waals surface area contributed by atoms with Gasteiger partial charge >= 0.3 is 6.18 Å². The molecule has 0 bridgehead atoms. The highest BCUT2D eigenvalue weighted by atomic mass is 32.2. The number of carbonyl (C=O) groups is 1. The standard InChI is InChI=1S/C25H24F3N7O2S/c1-16-13-33(8-9-35(16)22(36)14-34-15-32-20-4-3-7-29-23(20)34)21-6-5-18(25(26,27)28)10-19(21)17-11-30-24(31-12-17)38(2)37/h3-7,10-12,15-16H,8-9,13-14H2,1-2H3. The van der Waals surface area contributed by atoms with Crippen LogP contribution >= 0.6 is 0 Å². The van der Waals surface area contributed by atoms with Crippen molar-refractivity contribution in [1.82, 2.24) is 29.4 Å². The summed E-state index contributed by atoms with van der Waals surface area (Å²) in [5.41, 5.74) is 1.82. The molecule has 0 aliphatic carbocycles. The number of carbonyl (C=O) groups excluding carboxylic acids is 1. The van der Waals surface area contributed by atoms with Crippen LogP contribution < -0.4 is 4.90 Å². The molecule has 0 radical (unpaired) electrons. The van der Waals surface area contributed by atoms with Crippen molar-refractivity contribution in [1.29, 1.82) is 0 Å². The summed E-state index contributed by atoms with van der Waals surface area (Å²) in [7, 11) is -1.41. The van der Waals surface area contributed by atoms with Gasteiger partial charge in [0.1, 0.15) is 12.1 Å². The molecular weight excluding hydrogens is 519 g/mol. The van der Waals surface area contributed by atoms with Gasteiger partial charge in [0.05, 0.1) is 22.7 Å². The first-order chi connectivity index (χ1) is 18.1. The van der Waals surface area contributed by atoms with E-state index < -0.39 is 22.5 Å². The van der Waals surface area contributed by atoms with Crippen molar-refractivity contribution in [2.45, 2.75) is 30.8 Å². The van der Waals surface area contributed by atoms with Gasteiger partial charge in [-0.1, -0.05) is 0 Å². The second kappa shape index (κ2) is 10.1. The maximum absolute atomic E-state index is 13.5. The summed E-state index contributed by atoms with van der Waals surface area (Å²) >= 11 is 0. The molecule has 1 fully saturated rings. The highest BCUT2D eigenvalue weighted by Crippen LogP contribution is 2.38. The number of anilines is 1. The zero-order valence-electron chi connectivity index (χ0n) is 20.6. The van der Waals surface area contributed by atoms with E-state index in [9.17, 15) is 22.2 Å². The van der Waals surface area contributed by atoms with Gasteiger partial charge in [-0.3, -0.25) is 9.00 Å². The topological polar surface area (TPSA) is 97.1 Å². The van der Waals surface area contributed by atoms with Gasteiger partial charge in [0.2, 0.25) is 11.1 Å². The van der Waals surface area contributed by atoms with Crippen LogP contribution in [0.25, 0.3) is 22.3 Å². The van der Waals surface area contributed by atoms with Crippen molar-refractivity contribution < 1.29 is 22.2 Å². The van der Waals surface area contributed by atoms with Gasteiger partial charge in [-0.05, 0) is 37.3 Å². The largest absolute Gasteiger partial charge is 0.416 e. The smallest absolute Gasteiger partial charge is 0.367 e. The molecule has 1 amide bonds. The van der Waals surface area contributed by atoms with E-state index in [2.05, 4.69) is 19.9 Å². The number of amides is 1. The lowest BCUT2D eigenvalue weighted by Crippen LogP contribution is -2.54. The fourth-order valence-corrected chi connectivity index (χ4v) is 5.02. The first-order valence-corrected chi connectivity index (χ1v) is 13.3. The number of hydrogen-bond donors (Lipinski definition) is 0. The van der Waals surface area contributed by atoms with E-state index >= 15 is 0 Å². The van der Waals surface area contributed by atoms with Crippen LogP contribution in [0.15, 0.2) is 60.4 Å². The molecule has 2 unspecified atom stereocenters. The minimum atomic E-state index is -4.52. The number of alkyl halides is 3. The summed E-state index contributed by atoms with van der Waals surface area (Å²) in [6.45, 7) is 3.24. The summed E-state index contributed by atoms with van der Waals surface area (Å²) in [5, 5.41) is 0.101. The molecule has 0 saturated carbocycles. The maximum Gasteiger partial charge on any atom is 0.416 e. The van der Waals surface area contributed by atoms with E-state index in [0.29, 0.717) is 47.6 Å². The maximum atomic E-state index is 13.5. The normalized spacial score (nSPS) is 17.1. The van der Waals surface area contributed by atoms with Gasteiger partial charge in [-0.25, -0.2) is 19.9 Å². The fraction of sp³-hybridized carbons (Fsp3) is 0.320. The van der Waals surface area contributed by atoms with E-state index in [4.69, 9.17) is 0 Å². The molecule has 0 N–H and O–H groups in total. The zero-order chi connectivity index (χ0) is 27.0. The molecule has 3 aromatic heterocycles. The van der Waals surface area contributed by atoms with Crippen LogP contribution in [-0.4, -0.2) is 71.5 Å². The number of benzene rings is 1. The minimum absolute atomic E-state index is 0.0892. The van der Waals surface area contributed by atoms with Gasteiger partial charge in [0.15, 0.2) is 5.65 Å². The number of aromatic nitrogens is 5. The van der Waals surface area contributed by atoms with Crippen LogP contribution in [-0.2, 0) is 28.3 Å². The minimum Gasteiger partial charge on any atom is -0.367 e. The van der Waals surface area contributed by atoms with Crippen LogP contribution in [0.3, 0.4) is 0 Å². The number of nitrogens with zero attached hydrogens (tertiary/aromatic N) is 7. The van der Waals surface area contributed by atoms with Crippen LogP contribution in [0.2, 0.25) is 0 Å². The third-order valence-corrected chi connectivity index (χ3v) is 7.21. The summed E-state index contributed by atoms with van der Waals surface area (Å²) in [6.07, 6.45) is 2.91. The molecule has 9 nitrogen and oxygen atoms in total. The number of piperazine rings is 1. The van der Waals surface area contributed by atoms with Crippen molar-refractivity contribution in [3.05, 3.63) is 60.8 Å². The molecular formula is C25H24F3N7O2S. The van der Waals surface area contributed by atoms with Gasteiger partial charge in [-0.2, -0.15) is 13.2 Å². The summed E-state index contributed by atoms with van der Waals surface area (Å²) in [5.74, 6) is -0.0914. The summed E-state index contributed by atoms with van der Waals surface area (Å²) in [4.78, 5) is 33.6. The van der Waals surface area contributed by atoms with Crippen molar-refractivity contribution in [2.75, 3.05) is 30.8 Å². The van der Waals surface area contributed by atoms with Gasteiger partial charge in [0, 0.05) is 67.3 Å². The Hall–Kier alpha value is -3.87. The molecule has 0 spiro atoms. The van der Waals surface area contributed by atoms with Gasteiger partial charge in [0.25, 0.3) is 0 Å². The Morgan fingerprint density at radius 3 is 2.55 bits per heavy atom. The molecule has 5 rings (SSSR count). The third-order valence-electron chi connectivity index (χ3n) is 6.49. The molecule has 4 aromatic rings. The Kier molecular flexibility index (Phi) is 6.86. The Balaban J connectivity index is 1.38. The quantitative estimate of drug-likeness (QED) is 0.356. The number of fused-ring (bicyclic) bond motifs is 1. The lowest BCUT2D eigenvalue weighted by molar-refractivity contribution is -0.137. The van der Waals surface area contributed by atoms with Gasteiger partial charge in [-0.15, -0.1) is 0 Å². The predicted octanol–water partition coefficient (Wildman–Crippen LogP) is 3.38. The van der Waals surface area contributed by atoms with Crippen molar-refractivity contribution in [3.63, 3.8) is 0 Å². The molecule has 38 heavy (non-hydrogen) atoms. The highest BCUT2D eigenvalue weighted by Gasteiger charge is 2.33. The van der Waals surface area contributed by atoms with Crippen LogP contribution in [0.4, 0.5) is 18.9 Å². The zero-order valence-corrected chi connectivity index (χ0v) is 21.4. The molecule has 1 aliphatic rings. The molecule has 1 aromatic carbocycles. The lowest BCUT2D eigenvalue weighted by Gasteiger charge is -2.41. The molecule has 4 heterocycles. The number of halogens is 3. The third kappa shape index (κ3) is 5.10. The Bertz CT molecular complexity index is 1510. The van der Waals surface area contributed by atoms with Crippen molar-refractivity contribution in [3.8, 4) is 11.1 Å². The first-order valence-electron chi connectivity index (χ1n) is 11.8. The van der Waals surface area contributed by atoms with Gasteiger partial charge < -0.3 is 14.4 Å². The average Bonchev–Trinajstić information content (AvgIpc) is 3.30. The Morgan fingerprint density at radius 2 is 1.87 bits per heavy atom. The van der Waals surface area contributed by atoms with Crippen LogP contribution in [0, 0.1) is 0 Å². The summed E-state index contributed by atoms with van der Waals surface area (Å²) in [6, 6.07) is 6.98. The van der Waals surface area contributed by atoms with E-state index in [-0.39, 0.29) is 23.7 Å². The number of imidazole rings is 1. The molecule has 1 aliphatic heterocycles. The molecule has 2 atom stereocenters. The molecule has 1 saturated heterocycles. The number of hydrogen-bond acceptors (Lipinski definition) is 7.